The molecule has 1 amide bonds. The van der Waals surface area contributed by atoms with Gasteiger partial charge in [-0.05, 0) is 30.0 Å². The van der Waals surface area contributed by atoms with Crippen molar-refractivity contribution >= 4 is 5.91 Å². The maximum absolute atomic E-state index is 11.5. The Morgan fingerprint density at radius 1 is 1.17 bits per heavy atom. The van der Waals surface area contributed by atoms with Gasteiger partial charge >= 0.3 is 0 Å². The number of benzene rings is 1. The Morgan fingerprint density at radius 3 is 2.58 bits per heavy atom. The molecule has 1 aromatic carbocycles. The van der Waals surface area contributed by atoms with Gasteiger partial charge < -0.3 is 10.1 Å². The van der Waals surface area contributed by atoms with Crippen LogP contribution in [0.3, 0.4) is 0 Å². The van der Waals surface area contributed by atoms with Crippen molar-refractivity contribution in [2.45, 2.75) is 45.1 Å². The summed E-state index contributed by atoms with van der Waals surface area (Å²) in [6.07, 6.45) is 8.16. The molecule has 3 rings (SSSR count). The predicted octanol–water partition coefficient (Wildman–Crippen LogP) is 3.21. The molecule has 1 saturated carbocycles. The zero-order chi connectivity index (χ0) is 16.8. The molecular formula is C20H30N2O2. The third-order valence-electron chi connectivity index (χ3n) is 5.13. The van der Waals surface area contributed by atoms with Crippen molar-refractivity contribution < 1.29 is 9.53 Å². The van der Waals surface area contributed by atoms with Gasteiger partial charge in [0.15, 0.2) is 0 Å². The van der Waals surface area contributed by atoms with Gasteiger partial charge in [0.05, 0.1) is 12.5 Å². The van der Waals surface area contributed by atoms with Gasteiger partial charge in [-0.15, -0.1) is 0 Å². The van der Waals surface area contributed by atoms with Gasteiger partial charge in [0, 0.05) is 26.7 Å². The Labute approximate surface area is 145 Å². The lowest BCUT2D eigenvalue weighted by atomic mass is 9.98. The van der Waals surface area contributed by atoms with Crippen molar-refractivity contribution in [2.75, 3.05) is 26.7 Å². The molecule has 0 aromatic heterocycles. The highest BCUT2D eigenvalue weighted by Crippen LogP contribution is 2.34. The fourth-order valence-electron chi connectivity index (χ4n) is 3.33. The Bertz CT molecular complexity index is 519. The number of nitrogens with zero attached hydrogens (tertiary/aromatic N) is 1. The number of rotatable bonds is 10. The van der Waals surface area contributed by atoms with Crippen LogP contribution in [-0.2, 0) is 11.3 Å². The lowest BCUT2D eigenvalue weighted by molar-refractivity contribution is -0.129. The number of ether oxygens (including phenoxy) is 1. The zero-order valence-electron chi connectivity index (χ0n) is 14.8. The molecule has 0 radical (unpaired) electrons. The van der Waals surface area contributed by atoms with E-state index in [1.54, 1.807) is 7.05 Å². The average molecular weight is 330 g/mol. The first-order valence-corrected chi connectivity index (χ1v) is 9.40. The molecule has 1 heterocycles. The quantitative estimate of drug-likeness (QED) is 0.670. The summed E-state index contributed by atoms with van der Waals surface area (Å²) in [5.74, 6) is 2.34. The molecule has 0 bridgehead atoms. The average Bonchev–Trinajstić information content (AvgIpc) is 3.38. The van der Waals surface area contributed by atoms with Crippen molar-refractivity contribution in [1.82, 2.24) is 10.2 Å². The predicted molar refractivity (Wildman–Crippen MR) is 96.0 cm³/mol. The maximum Gasteiger partial charge on any atom is 0.225 e. The van der Waals surface area contributed by atoms with E-state index < -0.39 is 0 Å². The van der Waals surface area contributed by atoms with Gasteiger partial charge in [-0.25, -0.2) is 0 Å². The van der Waals surface area contributed by atoms with Crippen molar-refractivity contribution in [1.29, 1.82) is 0 Å². The fraction of sp³-hybridized carbons (Fsp3) is 0.650. The SMILES string of the molecule is CNC(=O)C1CN(Cc2ccc(OCCCCCC3CC3)cc2)C1. The summed E-state index contributed by atoms with van der Waals surface area (Å²) in [6.45, 7) is 3.45. The van der Waals surface area contributed by atoms with Crippen LogP contribution < -0.4 is 10.1 Å². The molecule has 132 valence electrons. The summed E-state index contributed by atoms with van der Waals surface area (Å²) in [5.41, 5.74) is 1.28. The Hall–Kier alpha value is -1.55. The van der Waals surface area contributed by atoms with Gasteiger partial charge in [0.25, 0.3) is 0 Å². The van der Waals surface area contributed by atoms with Crippen LogP contribution in [0.2, 0.25) is 0 Å². The van der Waals surface area contributed by atoms with Crippen LogP contribution in [0.4, 0.5) is 0 Å². The van der Waals surface area contributed by atoms with E-state index in [4.69, 9.17) is 4.74 Å². The number of hydrogen-bond donors (Lipinski definition) is 1. The van der Waals surface area contributed by atoms with Gasteiger partial charge in [0.1, 0.15) is 5.75 Å². The third-order valence-corrected chi connectivity index (χ3v) is 5.13. The molecule has 4 nitrogen and oxygen atoms in total. The minimum absolute atomic E-state index is 0.159. The fourth-order valence-corrected chi connectivity index (χ4v) is 3.33. The second kappa shape index (κ2) is 8.52. The highest BCUT2D eigenvalue weighted by Gasteiger charge is 2.31. The minimum Gasteiger partial charge on any atom is -0.494 e. The van der Waals surface area contributed by atoms with E-state index in [1.165, 1.54) is 37.7 Å². The van der Waals surface area contributed by atoms with Crippen molar-refractivity contribution in [3.8, 4) is 5.75 Å². The molecule has 0 unspecified atom stereocenters. The van der Waals surface area contributed by atoms with Crippen molar-refractivity contribution in [3.05, 3.63) is 29.8 Å². The molecule has 1 aromatic rings. The highest BCUT2D eigenvalue weighted by molar-refractivity contribution is 5.79. The zero-order valence-corrected chi connectivity index (χ0v) is 14.8. The Kier molecular flexibility index (Phi) is 6.13. The minimum atomic E-state index is 0.159. The molecular weight excluding hydrogens is 300 g/mol. The standard InChI is InChI=1S/C20H30N2O2/c1-21-20(23)18-14-22(15-18)13-17-8-10-19(11-9-17)24-12-4-2-3-5-16-6-7-16/h8-11,16,18H,2-7,12-15H2,1H3,(H,21,23). The first kappa shape index (κ1) is 17.3. The van der Waals surface area contributed by atoms with E-state index in [-0.39, 0.29) is 11.8 Å². The number of likely N-dealkylation sites (tertiary alicyclic amines) is 1. The van der Waals surface area contributed by atoms with E-state index in [9.17, 15) is 4.79 Å². The van der Waals surface area contributed by atoms with Gasteiger partial charge in [0.2, 0.25) is 5.91 Å². The van der Waals surface area contributed by atoms with Crippen LogP contribution in [0.15, 0.2) is 24.3 Å². The molecule has 2 aliphatic rings. The molecule has 1 aliphatic heterocycles. The summed E-state index contributed by atoms with van der Waals surface area (Å²) >= 11 is 0. The van der Waals surface area contributed by atoms with E-state index >= 15 is 0 Å². The number of nitrogens with one attached hydrogen (secondary N) is 1. The van der Waals surface area contributed by atoms with E-state index in [0.717, 1.165) is 44.3 Å². The second-order valence-corrected chi connectivity index (χ2v) is 7.29. The summed E-state index contributed by atoms with van der Waals surface area (Å²) < 4.78 is 5.83. The summed E-state index contributed by atoms with van der Waals surface area (Å²) in [7, 11) is 1.71. The first-order chi connectivity index (χ1) is 11.7. The number of amides is 1. The first-order valence-electron chi connectivity index (χ1n) is 9.40. The van der Waals surface area contributed by atoms with Crippen LogP contribution in [0.5, 0.6) is 5.75 Å². The van der Waals surface area contributed by atoms with E-state index in [2.05, 4.69) is 34.5 Å². The highest BCUT2D eigenvalue weighted by atomic mass is 16.5. The third kappa shape index (κ3) is 5.23. The summed E-state index contributed by atoms with van der Waals surface area (Å²) in [6, 6.07) is 8.40. The van der Waals surface area contributed by atoms with E-state index in [1.807, 2.05) is 0 Å². The number of unbranched alkanes of at least 4 members (excludes halogenated alkanes) is 2. The van der Waals surface area contributed by atoms with Crippen LogP contribution >= 0.6 is 0 Å². The normalized spacial score (nSPS) is 18.2. The van der Waals surface area contributed by atoms with Gasteiger partial charge in [-0.2, -0.15) is 0 Å². The van der Waals surface area contributed by atoms with Crippen molar-refractivity contribution in [2.24, 2.45) is 11.8 Å². The van der Waals surface area contributed by atoms with E-state index in [0.29, 0.717) is 0 Å². The number of carbonyl (C=O) groups is 1. The smallest absolute Gasteiger partial charge is 0.225 e. The van der Waals surface area contributed by atoms with Crippen LogP contribution in [-0.4, -0.2) is 37.6 Å². The topological polar surface area (TPSA) is 41.6 Å². The van der Waals surface area contributed by atoms with Crippen molar-refractivity contribution in [3.63, 3.8) is 0 Å². The Morgan fingerprint density at radius 2 is 1.92 bits per heavy atom. The second-order valence-electron chi connectivity index (χ2n) is 7.29. The number of hydrogen-bond acceptors (Lipinski definition) is 3. The molecule has 4 heteroatoms. The molecule has 2 fully saturated rings. The number of carbonyl (C=O) groups excluding carboxylic acids is 1. The lowest BCUT2D eigenvalue weighted by Gasteiger charge is -2.38. The molecule has 0 spiro atoms. The molecule has 0 atom stereocenters. The largest absolute Gasteiger partial charge is 0.494 e. The summed E-state index contributed by atoms with van der Waals surface area (Å²) in [4.78, 5) is 13.8. The lowest BCUT2D eigenvalue weighted by Crippen LogP contribution is -2.52. The van der Waals surface area contributed by atoms with Gasteiger partial charge in [-0.1, -0.05) is 44.2 Å². The van der Waals surface area contributed by atoms with Crippen LogP contribution in [0, 0.1) is 11.8 Å². The van der Waals surface area contributed by atoms with Crippen LogP contribution in [0.25, 0.3) is 0 Å². The Balaban J connectivity index is 1.28. The molecule has 1 aliphatic carbocycles. The summed E-state index contributed by atoms with van der Waals surface area (Å²) in [5, 5.41) is 2.72. The van der Waals surface area contributed by atoms with Gasteiger partial charge in [-0.3, -0.25) is 9.69 Å². The molecule has 1 saturated heterocycles. The monoisotopic (exact) mass is 330 g/mol. The van der Waals surface area contributed by atoms with Crippen LogP contribution in [0.1, 0.15) is 44.1 Å². The molecule has 24 heavy (non-hydrogen) atoms. The maximum atomic E-state index is 11.5. The molecule has 1 N–H and O–H groups in total.